The summed E-state index contributed by atoms with van der Waals surface area (Å²) in [5.41, 5.74) is 0.617. The number of carbonyl (C=O) groups is 2. The van der Waals surface area contributed by atoms with E-state index in [0.717, 1.165) is 23.9 Å². The number of amides is 2. The zero-order valence-corrected chi connectivity index (χ0v) is 16.2. The van der Waals surface area contributed by atoms with Gasteiger partial charge in [0, 0.05) is 12.6 Å². The van der Waals surface area contributed by atoms with Gasteiger partial charge in [0.15, 0.2) is 0 Å². The molecule has 3 rings (SSSR count). The van der Waals surface area contributed by atoms with E-state index in [9.17, 15) is 18.4 Å². The molecule has 2 N–H and O–H groups in total. The highest BCUT2D eigenvalue weighted by atomic mass is 32.2. The minimum Gasteiger partial charge on any atom is -0.326 e. The third-order valence-electron chi connectivity index (χ3n) is 3.71. The molecule has 11 heteroatoms. The number of hydrogen-bond acceptors (Lipinski definition) is 6. The van der Waals surface area contributed by atoms with Gasteiger partial charge in [0.1, 0.15) is 17.3 Å². The molecule has 0 saturated heterocycles. The average Bonchev–Trinajstić information content (AvgIpc) is 3.12. The fourth-order valence-electron chi connectivity index (χ4n) is 2.39. The number of thioether (sulfide) groups is 1. The smallest absolute Gasteiger partial charge is 0.237 e. The molecule has 1 unspecified atom stereocenters. The van der Waals surface area contributed by atoms with Gasteiger partial charge in [0.05, 0.1) is 10.9 Å². The van der Waals surface area contributed by atoms with Crippen LogP contribution in [0.15, 0.2) is 47.6 Å². The van der Waals surface area contributed by atoms with Gasteiger partial charge < -0.3 is 10.6 Å². The normalized spacial score (nSPS) is 11.7. The molecule has 0 fully saturated rings. The number of halogens is 2. The maximum Gasteiger partial charge on any atom is 0.237 e. The molecule has 0 aliphatic heterocycles. The molecule has 0 spiro atoms. The van der Waals surface area contributed by atoms with Crippen molar-refractivity contribution < 1.29 is 18.4 Å². The molecule has 3 aromatic rings. The zero-order chi connectivity index (χ0) is 21.0. The van der Waals surface area contributed by atoms with Crippen LogP contribution in [0.5, 0.6) is 0 Å². The second kappa shape index (κ2) is 8.78. The summed E-state index contributed by atoms with van der Waals surface area (Å²) in [6.45, 7) is 2.95. The van der Waals surface area contributed by atoms with E-state index in [-0.39, 0.29) is 5.91 Å². The Labute approximate surface area is 168 Å². The van der Waals surface area contributed by atoms with Gasteiger partial charge in [-0.2, -0.15) is 4.68 Å². The summed E-state index contributed by atoms with van der Waals surface area (Å²) in [6, 6.07) is 10.1. The maximum absolute atomic E-state index is 13.7. The maximum atomic E-state index is 13.7. The molecule has 8 nitrogen and oxygen atoms in total. The van der Waals surface area contributed by atoms with Crippen molar-refractivity contribution in [2.45, 2.75) is 24.3 Å². The molecule has 2 aromatic carbocycles. The van der Waals surface area contributed by atoms with Crippen LogP contribution in [0.4, 0.5) is 20.2 Å². The number of anilines is 2. The number of para-hydroxylation sites is 1. The first-order valence-electron chi connectivity index (χ1n) is 8.43. The van der Waals surface area contributed by atoms with Crippen LogP contribution in [0.1, 0.15) is 13.8 Å². The van der Waals surface area contributed by atoms with Crippen molar-refractivity contribution in [1.29, 1.82) is 0 Å². The Morgan fingerprint density at radius 1 is 1.10 bits per heavy atom. The summed E-state index contributed by atoms with van der Waals surface area (Å²) in [5, 5.41) is 15.9. The van der Waals surface area contributed by atoms with Gasteiger partial charge >= 0.3 is 0 Å². The van der Waals surface area contributed by atoms with Gasteiger partial charge in [-0.3, -0.25) is 9.59 Å². The number of tetrazole rings is 1. The SMILES string of the molecule is CC(=O)Nc1cccc(-n2nnnc2SC(C)C(=O)Nc2c(F)cccc2F)c1. The second-order valence-electron chi connectivity index (χ2n) is 5.95. The number of carbonyl (C=O) groups excluding carboxylic acids is 2. The Morgan fingerprint density at radius 3 is 2.48 bits per heavy atom. The number of nitrogens with zero attached hydrogens (tertiary/aromatic N) is 4. The Morgan fingerprint density at radius 2 is 1.79 bits per heavy atom. The summed E-state index contributed by atoms with van der Waals surface area (Å²) in [5.74, 6) is -2.56. The fourth-order valence-corrected chi connectivity index (χ4v) is 3.19. The Kier molecular flexibility index (Phi) is 6.17. The average molecular weight is 418 g/mol. The molecular weight excluding hydrogens is 402 g/mol. The zero-order valence-electron chi connectivity index (χ0n) is 15.4. The van der Waals surface area contributed by atoms with Crippen molar-refractivity contribution in [3.63, 3.8) is 0 Å². The van der Waals surface area contributed by atoms with Crippen molar-refractivity contribution in [3.05, 3.63) is 54.1 Å². The molecule has 150 valence electrons. The largest absolute Gasteiger partial charge is 0.326 e. The van der Waals surface area contributed by atoms with Gasteiger partial charge in [-0.05, 0) is 47.7 Å². The molecule has 29 heavy (non-hydrogen) atoms. The highest BCUT2D eigenvalue weighted by Gasteiger charge is 2.21. The van der Waals surface area contributed by atoms with Crippen LogP contribution in [0.2, 0.25) is 0 Å². The van der Waals surface area contributed by atoms with Crippen molar-refractivity contribution in [2.24, 2.45) is 0 Å². The lowest BCUT2D eigenvalue weighted by atomic mass is 10.3. The summed E-state index contributed by atoms with van der Waals surface area (Å²) < 4.78 is 28.9. The summed E-state index contributed by atoms with van der Waals surface area (Å²) in [6.07, 6.45) is 0. The first-order valence-corrected chi connectivity index (χ1v) is 9.31. The summed E-state index contributed by atoms with van der Waals surface area (Å²) >= 11 is 1.01. The fraction of sp³-hybridized carbons (Fsp3) is 0.167. The van der Waals surface area contributed by atoms with Crippen LogP contribution in [0.25, 0.3) is 5.69 Å². The third kappa shape index (κ3) is 4.93. The Balaban J connectivity index is 1.76. The molecule has 0 bridgehead atoms. The van der Waals surface area contributed by atoms with Crippen molar-refractivity contribution in [3.8, 4) is 5.69 Å². The van der Waals surface area contributed by atoms with E-state index in [0.29, 0.717) is 16.5 Å². The minimum atomic E-state index is -0.866. The molecule has 0 radical (unpaired) electrons. The number of rotatable bonds is 6. The molecule has 2 amide bonds. The van der Waals surface area contributed by atoms with E-state index < -0.39 is 28.5 Å². The monoisotopic (exact) mass is 418 g/mol. The van der Waals surface area contributed by atoms with E-state index >= 15 is 0 Å². The van der Waals surface area contributed by atoms with Crippen LogP contribution in [-0.2, 0) is 9.59 Å². The predicted molar refractivity (Wildman–Crippen MR) is 104 cm³/mol. The molecule has 1 atom stereocenters. The first kappa shape index (κ1) is 20.4. The lowest BCUT2D eigenvalue weighted by molar-refractivity contribution is -0.115. The first-order chi connectivity index (χ1) is 13.8. The van der Waals surface area contributed by atoms with Crippen LogP contribution in [-0.4, -0.2) is 37.3 Å². The molecule has 1 heterocycles. The van der Waals surface area contributed by atoms with Crippen LogP contribution >= 0.6 is 11.8 Å². The van der Waals surface area contributed by atoms with Gasteiger partial charge in [0.2, 0.25) is 17.0 Å². The third-order valence-corrected chi connectivity index (χ3v) is 4.75. The Bertz CT molecular complexity index is 1040. The minimum absolute atomic E-state index is 0.223. The number of nitrogens with one attached hydrogen (secondary N) is 2. The van der Waals surface area contributed by atoms with Gasteiger partial charge in [-0.15, -0.1) is 5.10 Å². The van der Waals surface area contributed by atoms with E-state index in [1.54, 1.807) is 31.2 Å². The topological polar surface area (TPSA) is 102 Å². The molecule has 1 aromatic heterocycles. The number of benzene rings is 2. The van der Waals surface area contributed by atoms with Crippen LogP contribution < -0.4 is 10.6 Å². The van der Waals surface area contributed by atoms with Crippen LogP contribution in [0.3, 0.4) is 0 Å². The lowest BCUT2D eigenvalue weighted by Gasteiger charge is -2.13. The molecular formula is C18H16F2N6O2S. The van der Waals surface area contributed by atoms with Gasteiger partial charge in [0.25, 0.3) is 0 Å². The van der Waals surface area contributed by atoms with E-state index in [1.165, 1.54) is 17.7 Å². The van der Waals surface area contributed by atoms with E-state index in [2.05, 4.69) is 26.2 Å². The van der Waals surface area contributed by atoms with E-state index in [4.69, 9.17) is 0 Å². The number of aromatic nitrogens is 4. The molecule has 0 saturated carbocycles. The highest BCUT2D eigenvalue weighted by molar-refractivity contribution is 8.00. The van der Waals surface area contributed by atoms with Crippen LogP contribution in [0, 0.1) is 11.6 Å². The van der Waals surface area contributed by atoms with E-state index in [1.807, 2.05) is 0 Å². The standard InChI is InChI=1S/C18H16F2N6O2S/c1-10(17(28)22-16-14(19)7-4-8-15(16)20)29-18-23-24-25-26(18)13-6-3-5-12(9-13)21-11(2)27/h3-10H,1-2H3,(H,21,27)(H,22,28). The highest BCUT2D eigenvalue weighted by Crippen LogP contribution is 2.26. The van der Waals surface area contributed by atoms with Crippen molar-refractivity contribution >= 4 is 35.0 Å². The summed E-state index contributed by atoms with van der Waals surface area (Å²) in [4.78, 5) is 23.6. The Hall–Kier alpha value is -3.34. The number of hydrogen-bond donors (Lipinski definition) is 2. The molecule has 0 aliphatic carbocycles. The lowest BCUT2D eigenvalue weighted by Crippen LogP contribution is -2.24. The van der Waals surface area contributed by atoms with Crippen molar-refractivity contribution in [1.82, 2.24) is 20.2 Å². The second-order valence-corrected chi connectivity index (χ2v) is 7.26. The van der Waals surface area contributed by atoms with Crippen molar-refractivity contribution in [2.75, 3.05) is 10.6 Å². The van der Waals surface area contributed by atoms with Gasteiger partial charge in [-0.1, -0.05) is 23.9 Å². The summed E-state index contributed by atoms with van der Waals surface area (Å²) in [7, 11) is 0. The molecule has 0 aliphatic rings. The predicted octanol–water partition coefficient (Wildman–Crippen LogP) is 3.02. The van der Waals surface area contributed by atoms with Gasteiger partial charge in [-0.25, -0.2) is 8.78 Å². The quantitative estimate of drug-likeness (QED) is 0.597.